The molecule has 0 unspecified atom stereocenters. The molecule has 0 saturated heterocycles. The van der Waals surface area contributed by atoms with Crippen LogP contribution in [0.5, 0.6) is 5.75 Å². The Hall–Kier alpha value is -2.82. The normalized spacial score (nSPS) is 12.4. The zero-order valence-corrected chi connectivity index (χ0v) is 17.7. The van der Waals surface area contributed by atoms with E-state index in [9.17, 15) is 13.2 Å². The molecule has 1 atom stereocenters. The Kier molecular flexibility index (Phi) is 6.26. The fourth-order valence-corrected chi connectivity index (χ4v) is 4.87. The Morgan fingerprint density at radius 2 is 1.79 bits per heavy atom. The van der Waals surface area contributed by atoms with E-state index in [0.29, 0.717) is 16.9 Å². The summed E-state index contributed by atoms with van der Waals surface area (Å²) >= 11 is 0.780. The standard InChI is InChI=1S/C19H20N4O4S2/c1-12-8-4-5-9-14(12)17(24)20-18-21-22-19(28-18)29(25,26)23-13(2)15-10-6-7-11-16(15)27-3/h4-11,13,23H,1-3H3,(H,20,21,24)/t13-/m1/s1. The Balaban J connectivity index is 1.75. The molecule has 1 amide bonds. The summed E-state index contributed by atoms with van der Waals surface area (Å²) in [5.41, 5.74) is 1.97. The SMILES string of the molecule is COc1ccccc1[C@@H](C)NS(=O)(=O)c1nnc(NC(=O)c2ccccc2C)s1. The summed E-state index contributed by atoms with van der Waals surface area (Å²) in [5, 5.41) is 10.2. The van der Waals surface area contributed by atoms with Gasteiger partial charge in [0.05, 0.1) is 7.11 Å². The number of para-hydroxylation sites is 1. The molecule has 10 heteroatoms. The molecule has 2 N–H and O–H groups in total. The van der Waals surface area contributed by atoms with Gasteiger partial charge in [-0.1, -0.05) is 47.7 Å². The van der Waals surface area contributed by atoms with Crippen molar-refractivity contribution >= 4 is 32.4 Å². The number of nitrogens with one attached hydrogen (secondary N) is 2. The topological polar surface area (TPSA) is 110 Å². The van der Waals surface area contributed by atoms with Crippen molar-refractivity contribution in [2.45, 2.75) is 24.2 Å². The minimum absolute atomic E-state index is 0.101. The van der Waals surface area contributed by atoms with E-state index in [1.807, 2.05) is 19.1 Å². The average Bonchev–Trinajstić information content (AvgIpc) is 3.17. The lowest BCUT2D eigenvalue weighted by Gasteiger charge is -2.16. The number of amides is 1. The molecule has 2 aromatic carbocycles. The summed E-state index contributed by atoms with van der Waals surface area (Å²) in [6.07, 6.45) is 0. The molecule has 0 saturated carbocycles. The van der Waals surface area contributed by atoms with Gasteiger partial charge in [0.25, 0.3) is 15.9 Å². The van der Waals surface area contributed by atoms with Crippen molar-refractivity contribution < 1.29 is 17.9 Å². The van der Waals surface area contributed by atoms with E-state index in [-0.39, 0.29) is 15.4 Å². The maximum absolute atomic E-state index is 12.7. The van der Waals surface area contributed by atoms with Crippen molar-refractivity contribution in [3.05, 3.63) is 65.2 Å². The lowest BCUT2D eigenvalue weighted by atomic mass is 10.1. The Morgan fingerprint density at radius 1 is 1.10 bits per heavy atom. The second kappa shape index (κ2) is 8.68. The van der Waals surface area contributed by atoms with Crippen molar-refractivity contribution in [2.75, 3.05) is 12.4 Å². The quantitative estimate of drug-likeness (QED) is 0.555. The lowest BCUT2D eigenvalue weighted by Crippen LogP contribution is -2.27. The van der Waals surface area contributed by atoms with Gasteiger partial charge >= 0.3 is 0 Å². The number of sulfonamides is 1. The molecule has 29 heavy (non-hydrogen) atoms. The van der Waals surface area contributed by atoms with E-state index in [1.165, 1.54) is 7.11 Å². The first-order chi connectivity index (χ1) is 13.8. The van der Waals surface area contributed by atoms with Crippen LogP contribution in [0.25, 0.3) is 0 Å². The first kappa shape index (κ1) is 20.9. The Labute approximate surface area is 173 Å². The molecular formula is C19H20N4O4S2. The third kappa shape index (κ3) is 4.78. The summed E-state index contributed by atoms with van der Waals surface area (Å²) in [7, 11) is -2.41. The summed E-state index contributed by atoms with van der Waals surface area (Å²) in [6, 6.07) is 13.7. The van der Waals surface area contributed by atoms with E-state index in [1.54, 1.807) is 43.3 Å². The van der Waals surface area contributed by atoms with Crippen LogP contribution < -0.4 is 14.8 Å². The number of carbonyl (C=O) groups excluding carboxylic acids is 1. The van der Waals surface area contributed by atoms with Gasteiger partial charge in [-0.25, -0.2) is 13.1 Å². The molecule has 0 radical (unpaired) electrons. The predicted octanol–water partition coefficient (Wildman–Crippen LogP) is 3.15. The molecule has 0 aliphatic rings. The van der Waals surface area contributed by atoms with Crippen molar-refractivity contribution in [3.8, 4) is 5.75 Å². The Bertz CT molecular complexity index is 1130. The van der Waals surface area contributed by atoms with Gasteiger partial charge in [-0.3, -0.25) is 10.1 Å². The fraction of sp³-hybridized carbons (Fsp3) is 0.211. The highest BCUT2D eigenvalue weighted by molar-refractivity contribution is 7.91. The number of hydrogen-bond acceptors (Lipinski definition) is 7. The zero-order chi connectivity index (χ0) is 21.0. The number of benzene rings is 2. The predicted molar refractivity (Wildman–Crippen MR) is 111 cm³/mol. The number of carbonyl (C=O) groups is 1. The van der Waals surface area contributed by atoms with Gasteiger partial charge in [0.15, 0.2) is 0 Å². The van der Waals surface area contributed by atoms with Crippen LogP contribution in [0.15, 0.2) is 52.9 Å². The zero-order valence-electron chi connectivity index (χ0n) is 16.0. The smallest absolute Gasteiger partial charge is 0.270 e. The molecule has 152 valence electrons. The summed E-state index contributed by atoms with van der Waals surface area (Å²) in [4.78, 5) is 12.4. The number of rotatable bonds is 7. The number of hydrogen-bond donors (Lipinski definition) is 2. The van der Waals surface area contributed by atoms with Gasteiger partial charge in [-0.2, -0.15) is 0 Å². The third-order valence-corrected chi connectivity index (χ3v) is 6.93. The van der Waals surface area contributed by atoms with E-state index in [2.05, 4.69) is 20.2 Å². The maximum atomic E-state index is 12.7. The maximum Gasteiger partial charge on any atom is 0.270 e. The fourth-order valence-electron chi connectivity index (χ4n) is 2.73. The van der Waals surface area contributed by atoms with Crippen LogP contribution in [0.4, 0.5) is 5.13 Å². The number of methoxy groups -OCH3 is 1. The van der Waals surface area contributed by atoms with Crippen LogP contribution in [0.3, 0.4) is 0 Å². The summed E-state index contributed by atoms with van der Waals surface area (Å²) in [5.74, 6) is 0.199. The van der Waals surface area contributed by atoms with Crippen molar-refractivity contribution in [3.63, 3.8) is 0 Å². The van der Waals surface area contributed by atoms with Crippen LogP contribution in [0.1, 0.15) is 34.5 Å². The number of nitrogens with zero attached hydrogens (tertiary/aromatic N) is 2. The minimum atomic E-state index is -3.93. The van der Waals surface area contributed by atoms with Crippen LogP contribution >= 0.6 is 11.3 Å². The van der Waals surface area contributed by atoms with Gasteiger partial charge < -0.3 is 4.74 Å². The van der Waals surface area contributed by atoms with Gasteiger partial charge in [0, 0.05) is 17.2 Å². The summed E-state index contributed by atoms with van der Waals surface area (Å²) < 4.78 is 33.0. The minimum Gasteiger partial charge on any atom is -0.496 e. The van der Waals surface area contributed by atoms with E-state index >= 15 is 0 Å². The third-order valence-electron chi connectivity index (χ3n) is 4.18. The highest BCUT2D eigenvalue weighted by atomic mass is 32.2. The van der Waals surface area contributed by atoms with Crippen molar-refractivity contribution in [1.29, 1.82) is 0 Å². The lowest BCUT2D eigenvalue weighted by molar-refractivity contribution is 0.102. The second-order valence-electron chi connectivity index (χ2n) is 6.23. The van der Waals surface area contributed by atoms with E-state index in [4.69, 9.17) is 4.74 Å². The van der Waals surface area contributed by atoms with Gasteiger partial charge in [0.2, 0.25) is 9.47 Å². The van der Waals surface area contributed by atoms with Gasteiger partial charge in [-0.15, -0.1) is 10.2 Å². The highest BCUT2D eigenvalue weighted by Gasteiger charge is 2.25. The highest BCUT2D eigenvalue weighted by Crippen LogP contribution is 2.27. The van der Waals surface area contributed by atoms with Gasteiger partial charge in [0.1, 0.15) is 5.75 Å². The molecule has 1 aromatic heterocycles. The number of aryl methyl sites for hydroxylation is 1. The first-order valence-corrected chi connectivity index (χ1v) is 11.0. The van der Waals surface area contributed by atoms with Crippen molar-refractivity contribution in [2.24, 2.45) is 0 Å². The largest absolute Gasteiger partial charge is 0.496 e. The van der Waals surface area contributed by atoms with Crippen LogP contribution in [0.2, 0.25) is 0 Å². The van der Waals surface area contributed by atoms with Crippen LogP contribution in [0, 0.1) is 6.92 Å². The average molecular weight is 433 g/mol. The summed E-state index contributed by atoms with van der Waals surface area (Å²) in [6.45, 7) is 3.52. The van der Waals surface area contributed by atoms with E-state index < -0.39 is 16.1 Å². The van der Waals surface area contributed by atoms with Crippen molar-refractivity contribution in [1.82, 2.24) is 14.9 Å². The second-order valence-corrected chi connectivity index (χ2v) is 9.09. The number of ether oxygens (including phenoxy) is 1. The van der Waals surface area contributed by atoms with E-state index in [0.717, 1.165) is 16.9 Å². The molecule has 1 heterocycles. The Morgan fingerprint density at radius 3 is 2.52 bits per heavy atom. The number of anilines is 1. The molecular weight excluding hydrogens is 412 g/mol. The van der Waals surface area contributed by atoms with Crippen LogP contribution in [-0.4, -0.2) is 31.6 Å². The molecule has 3 aromatic rings. The number of aromatic nitrogens is 2. The first-order valence-electron chi connectivity index (χ1n) is 8.67. The monoisotopic (exact) mass is 432 g/mol. The molecule has 0 aliphatic carbocycles. The molecule has 0 spiro atoms. The molecule has 8 nitrogen and oxygen atoms in total. The van der Waals surface area contributed by atoms with Crippen LogP contribution in [-0.2, 0) is 10.0 Å². The molecule has 0 bridgehead atoms. The molecule has 0 aliphatic heterocycles. The molecule has 3 rings (SSSR count). The molecule has 0 fully saturated rings. The van der Waals surface area contributed by atoms with Gasteiger partial charge in [-0.05, 0) is 31.5 Å².